The lowest BCUT2D eigenvalue weighted by Crippen LogP contribution is -2.50. The van der Waals surface area contributed by atoms with E-state index >= 15 is 0 Å². The van der Waals surface area contributed by atoms with Crippen LogP contribution in [0, 0.1) is 16.7 Å². The monoisotopic (exact) mass is 225 g/mol. The van der Waals surface area contributed by atoms with Crippen molar-refractivity contribution in [3.63, 3.8) is 0 Å². The van der Waals surface area contributed by atoms with Crippen molar-refractivity contribution in [3.05, 3.63) is 0 Å². The fourth-order valence-corrected chi connectivity index (χ4v) is 1.90. The summed E-state index contributed by atoms with van der Waals surface area (Å²) in [5.41, 5.74) is -0.474. The van der Waals surface area contributed by atoms with Gasteiger partial charge < -0.3 is 9.84 Å². The van der Waals surface area contributed by atoms with E-state index in [0.717, 1.165) is 0 Å². The van der Waals surface area contributed by atoms with Crippen LogP contribution in [0.5, 0.6) is 0 Å². The summed E-state index contributed by atoms with van der Waals surface area (Å²) in [4.78, 5) is 11.4. The van der Waals surface area contributed by atoms with Crippen LogP contribution in [0.3, 0.4) is 0 Å². The van der Waals surface area contributed by atoms with Gasteiger partial charge in [0.1, 0.15) is 11.9 Å². The fourth-order valence-electron chi connectivity index (χ4n) is 1.90. The Morgan fingerprint density at radius 2 is 2.25 bits per heavy atom. The first-order valence-corrected chi connectivity index (χ1v) is 5.66. The molecular formula is C12H19NO3. The van der Waals surface area contributed by atoms with Crippen LogP contribution in [-0.2, 0) is 9.53 Å². The SMILES string of the molecule is CCC(=O)CC1O[C@H](C#N)C[C@@H](O)C1(C)C. The van der Waals surface area contributed by atoms with Gasteiger partial charge in [-0.05, 0) is 0 Å². The molecular weight excluding hydrogens is 206 g/mol. The number of Topliss-reactive ketones (excluding diaryl/α,β-unsaturated/α-hetero) is 1. The lowest BCUT2D eigenvalue weighted by Gasteiger charge is -2.43. The lowest BCUT2D eigenvalue weighted by atomic mass is 9.74. The van der Waals surface area contributed by atoms with Crippen molar-refractivity contribution in [2.24, 2.45) is 5.41 Å². The van der Waals surface area contributed by atoms with Crippen molar-refractivity contribution in [2.45, 2.75) is 58.3 Å². The normalized spacial score (nSPS) is 33.1. The molecule has 90 valence electrons. The Morgan fingerprint density at radius 1 is 1.62 bits per heavy atom. The number of carbonyl (C=O) groups excluding carboxylic acids is 1. The summed E-state index contributed by atoms with van der Waals surface area (Å²) in [5, 5.41) is 18.8. The molecule has 0 aromatic carbocycles. The number of carbonyl (C=O) groups is 1. The van der Waals surface area contributed by atoms with E-state index < -0.39 is 17.6 Å². The third-order valence-electron chi connectivity index (χ3n) is 3.41. The summed E-state index contributed by atoms with van der Waals surface area (Å²) in [7, 11) is 0. The highest BCUT2D eigenvalue weighted by atomic mass is 16.5. The van der Waals surface area contributed by atoms with Gasteiger partial charge >= 0.3 is 0 Å². The van der Waals surface area contributed by atoms with Crippen LogP contribution in [0.4, 0.5) is 0 Å². The van der Waals surface area contributed by atoms with Gasteiger partial charge in [-0.25, -0.2) is 0 Å². The number of aliphatic hydroxyl groups excluding tert-OH is 1. The van der Waals surface area contributed by atoms with E-state index in [-0.39, 0.29) is 18.3 Å². The molecule has 1 unspecified atom stereocenters. The lowest BCUT2D eigenvalue weighted by molar-refractivity contribution is -0.164. The Labute approximate surface area is 96.2 Å². The highest BCUT2D eigenvalue weighted by molar-refractivity contribution is 5.78. The largest absolute Gasteiger partial charge is 0.392 e. The van der Waals surface area contributed by atoms with E-state index in [4.69, 9.17) is 10.00 Å². The van der Waals surface area contributed by atoms with Crippen molar-refractivity contribution in [3.8, 4) is 6.07 Å². The van der Waals surface area contributed by atoms with Gasteiger partial charge in [0.05, 0.1) is 18.3 Å². The molecule has 0 spiro atoms. The van der Waals surface area contributed by atoms with Crippen molar-refractivity contribution < 1.29 is 14.6 Å². The van der Waals surface area contributed by atoms with Gasteiger partial charge in [-0.1, -0.05) is 20.8 Å². The number of nitriles is 1. The summed E-state index contributed by atoms with van der Waals surface area (Å²) in [6.07, 6.45) is -0.505. The zero-order valence-corrected chi connectivity index (χ0v) is 10.1. The number of nitrogens with zero attached hydrogens (tertiary/aromatic N) is 1. The second-order valence-corrected chi connectivity index (χ2v) is 4.91. The molecule has 1 rings (SSSR count). The number of ketones is 1. The van der Waals surface area contributed by atoms with Gasteiger partial charge in [-0.3, -0.25) is 4.79 Å². The minimum absolute atomic E-state index is 0.101. The molecule has 0 aromatic heterocycles. The Bertz CT molecular complexity index is 306. The van der Waals surface area contributed by atoms with Gasteiger partial charge in [0.25, 0.3) is 0 Å². The number of ether oxygens (including phenoxy) is 1. The molecule has 1 heterocycles. The number of hydrogen-bond acceptors (Lipinski definition) is 4. The average Bonchev–Trinajstić information content (AvgIpc) is 2.24. The highest BCUT2D eigenvalue weighted by Gasteiger charge is 2.44. The number of rotatable bonds is 3. The van der Waals surface area contributed by atoms with Gasteiger partial charge in [-0.2, -0.15) is 5.26 Å². The second-order valence-electron chi connectivity index (χ2n) is 4.91. The van der Waals surface area contributed by atoms with E-state index in [1.807, 2.05) is 19.9 Å². The van der Waals surface area contributed by atoms with E-state index in [1.54, 1.807) is 6.92 Å². The first-order valence-electron chi connectivity index (χ1n) is 5.66. The highest BCUT2D eigenvalue weighted by Crippen LogP contribution is 2.38. The third-order valence-corrected chi connectivity index (χ3v) is 3.41. The van der Waals surface area contributed by atoms with Gasteiger partial charge in [0, 0.05) is 24.7 Å². The maximum Gasteiger partial charge on any atom is 0.146 e. The molecule has 0 radical (unpaired) electrons. The van der Waals surface area contributed by atoms with Crippen LogP contribution < -0.4 is 0 Å². The Hall–Kier alpha value is -0.920. The number of hydrogen-bond donors (Lipinski definition) is 1. The molecule has 0 amide bonds. The van der Waals surface area contributed by atoms with Crippen LogP contribution in [0.15, 0.2) is 0 Å². The Morgan fingerprint density at radius 3 is 2.75 bits per heavy atom. The van der Waals surface area contributed by atoms with Crippen molar-refractivity contribution in [1.82, 2.24) is 0 Å². The quantitative estimate of drug-likeness (QED) is 0.788. The molecule has 1 aliphatic rings. The van der Waals surface area contributed by atoms with Crippen LogP contribution in [0.25, 0.3) is 0 Å². The molecule has 4 nitrogen and oxygen atoms in total. The molecule has 0 bridgehead atoms. The van der Waals surface area contributed by atoms with E-state index in [0.29, 0.717) is 12.8 Å². The summed E-state index contributed by atoms with van der Waals surface area (Å²) >= 11 is 0. The van der Waals surface area contributed by atoms with Gasteiger partial charge in [-0.15, -0.1) is 0 Å². The van der Waals surface area contributed by atoms with Crippen LogP contribution in [0.2, 0.25) is 0 Å². The molecule has 4 heteroatoms. The molecule has 1 aliphatic heterocycles. The van der Waals surface area contributed by atoms with Crippen LogP contribution in [-0.4, -0.2) is 29.2 Å². The Balaban J connectivity index is 2.78. The number of aliphatic hydroxyl groups is 1. The van der Waals surface area contributed by atoms with Crippen molar-refractivity contribution in [2.75, 3.05) is 0 Å². The average molecular weight is 225 g/mol. The molecule has 1 saturated heterocycles. The van der Waals surface area contributed by atoms with Crippen LogP contribution >= 0.6 is 0 Å². The maximum absolute atomic E-state index is 11.4. The van der Waals surface area contributed by atoms with E-state index in [1.165, 1.54) is 0 Å². The topological polar surface area (TPSA) is 70.3 Å². The summed E-state index contributed by atoms with van der Waals surface area (Å²) in [6, 6.07) is 2.00. The molecule has 1 fully saturated rings. The van der Waals surface area contributed by atoms with Crippen molar-refractivity contribution in [1.29, 1.82) is 5.26 Å². The molecule has 1 N–H and O–H groups in total. The van der Waals surface area contributed by atoms with Crippen molar-refractivity contribution >= 4 is 5.78 Å². The van der Waals surface area contributed by atoms with Crippen LogP contribution in [0.1, 0.15) is 40.0 Å². The zero-order chi connectivity index (χ0) is 12.3. The molecule has 16 heavy (non-hydrogen) atoms. The fraction of sp³-hybridized carbons (Fsp3) is 0.833. The Kier molecular flexibility index (Phi) is 4.06. The summed E-state index contributed by atoms with van der Waals surface area (Å²) in [6.45, 7) is 5.55. The molecule has 0 aromatic rings. The first kappa shape index (κ1) is 13.1. The standard InChI is InChI=1S/C12H19NO3/c1-4-8(14)5-11-12(2,3)10(15)6-9(7-13)16-11/h9-11,15H,4-6H2,1-3H3/t9-,10+,11?/m0/s1. The zero-order valence-electron chi connectivity index (χ0n) is 10.1. The minimum atomic E-state index is -0.599. The van der Waals surface area contributed by atoms with E-state index in [9.17, 15) is 9.90 Å². The first-order chi connectivity index (χ1) is 7.41. The molecule has 0 saturated carbocycles. The maximum atomic E-state index is 11.4. The molecule has 0 aliphatic carbocycles. The molecule has 3 atom stereocenters. The predicted octanol–water partition coefficient (Wildman–Crippen LogP) is 1.42. The van der Waals surface area contributed by atoms with E-state index in [2.05, 4.69) is 0 Å². The smallest absolute Gasteiger partial charge is 0.146 e. The second kappa shape index (κ2) is 4.94. The van der Waals surface area contributed by atoms with Gasteiger partial charge in [0.15, 0.2) is 0 Å². The predicted molar refractivity (Wildman–Crippen MR) is 58.6 cm³/mol. The summed E-state index contributed by atoms with van der Waals surface area (Å²) in [5.74, 6) is 0.101. The van der Waals surface area contributed by atoms with Gasteiger partial charge in [0.2, 0.25) is 0 Å². The third kappa shape index (κ3) is 2.60. The minimum Gasteiger partial charge on any atom is -0.392 e. The summed E-state index contributed by atoms with van der Waals surface area (Å²) < 4.78 is 5.55.